The number of aliphatic hydroxyl groups excluding tert-OH is 1. The molecule has 0 aliphatic carbocycles. The number of aromatic hydroxyl groups is 1. The fourth-order valence-corrected chi connectivity index (χ4v) is 3.00. The molecule has 26 heavy (non-hydrogen) atoms. The molecule has 1 unspecified atom stereocenters. The summed E-state index contributed by atoms with van der Waals surface area (Å²) in [4.78, 5) is 12.1. The number of nitrogens with zero attached hydrogens (tertiary/aromatic N) is 3. The van der Waals surface area contributed by atoms with Crippen molar-refractivity contribution in [3.63, 3.8) is 0 Å². The number of fused-ring (bicyclic) bond motifs is 1. The van der Waals surface area contributed by atoms with Crippen molar-refractivity contribution in [3.05, 3.63) is 71.2 Å². The molecule has 3 aromatic rings. The molecule has 7 heteroatoms. The molecule has 3 rings (SSSR count). The van der Waals surface area contributed by atoms with Crippen LogP contribution in [0.2, 0.25) is 0 Å². The zero-order valence-corrected chi connectivity index (χ0v) is 15.3. The summed E-state index contributed by atoms with van der Waals surface area (Å²) in [5.74, 6) is -0.932. The van der Waals surface area contributed by atoms with Gasteiger partial charge in [0, 0.05) is 16.4 Å². The molecule has 132 valence electrons. The van der Waals surface area contributed by atoms with Gasteiger partial charge in [0.25, 0.3) is 5.91 Å². The molecule has 0 aliphatic rings. The lowest BCUT2D eigenvalue weighted by molar-refractivity contribution is -0.126. The Labute approximate surface area is 158 Å². The number of rotatable bonds is 5. The molecule has 2 N–H and O–H groups in total. The van der Waals surface area contributed by atoms with E-state index in [1.54, 1.807) is 47.0 Å². The van der Waals surface area contributed by atoms with Crippen molar-refractivity contribution in [2.24, 2.45) is 10.2 Å². The molecule has 0 aliphatic heterocycles. The van der Waals surface area contributed by atoms with Crippen LogP contribution in [-0.4, -0.2) is 20.7 Å². The van der Waals surface area contributed by atoms with Crippen molar-refractivity contribution >= 4 is 38.4 Å². The molecule has 1 heterocycles. The summed E-state index contributed by atoms with van der Waals surface area (Å²) < 4.78 is 2.41. The average molecular weight is 414 g/mol. The maximum Gasteiger partial charge on any atom is 0.297 e. The summed E-state index contributed by atoms with van der Waals surface area (Å²) in [6, 6.07) is 13.9. The highest BCUT2D eigenvalue weighted by Crippen LogP contribution is 2.40. The molecule has 2 aromatic carbocycles. The monoisotopic (exact) mass is 413 g/mol. The van der Waals surface area contributed by atoms with Crippen LogP contribution < -0.4 is 0 Å². The summed E-state index contributed by atoms with van der Waals surface area (Å²) in [5.41, 5.74) is 1.32. The smallest absolute Gasteiger partial charge is 0.297 e. The summed E-state index contributed by atoms with van der Waals surface area (Å²) in [7, 11) is 0. The van der Waals surface area contributed by atoms with E-state index in [0.29, 0.717) is 17.5 Å². The molecule has 0 fully saturated rings. The molecule has 0 radical (unpaired) electrons. The molecule has 0 saturated carbocycles. The van der Waals surface area contributed by atoms with Gasteiger partial charge in [-0.05, 0) is 23.8 Å². The van der Waals surface area contributed by atoms with E-state index in [-0.39, 0.29) is 11.6 Å². The fraction of sp³-hybridized carbons (Fsp3) is 0.105. The van der Waals surface area contributed by atoms with Crippen LogP contribution in [0.15, 0.2) is 75.9 Å². The Morgan fingerprint density at radius 3 is 2.69 bits per heavy atom. The van der Waals surface area contributed by atoms with Crippen LogP contribution in [0.4, 0.5) is 5.69 Å². The van der Waals surface area contributed by atoms with E-state index >= 15 is 0 Å². The Bertz CT molecular complexity index is 996. The third kappa shape index (κ3) is 3.44. The van der Waals surface area contributed by atoms with Crippen LogP contribution in [0.5, 0.6) is 5.88 Å². The van der Waals surface area contributed by atoms with E-state index in [4.69, 9.17) is 0 Å². The van der Waals surface area contributed by atoms with Gasteiger partial charge in [-0.2, -0.15) is 0 Å². The summed E-state index contributed by atoms with van der Waals surface area (Å²) in [6.07, 6.45) is 0.238. The van der Waals surface area contributed by atoms with Crippen molar-refractivity contribution in [3.8, 4) is 5.88 Å². The minimum Gasteiger partial charge on any atom is -0.493 e. The highest BCUT2D eigenvalue weighted by atomic mass is 79.9. The second-order valence-electron chi connectivity index (χ2n) is 5.58. The SMILES string of the molecule is C=CCn1c(O)c(N=NC(=O)C(O)c2ccccc2)c2cc(Br)ccc21. The molecule has 0 saturated heterocycles. The van der Waals surface area contributed by atoms with Gasteiger partial charge < -0.3 is 14.8 Å². The number of aromatic nitrogens is 1. The number of benzene rings is 2. The van der Waals surface area contributed by atoms with Crippen molar-refractivity contribution in [2.45, 2.75) is 12.6 Å². The van der Waals surface area contributed by atoms with Crippen LogP contribution in [0.3, 0.4) is 0 Å². The Morgan fingerprint density at radius 2 is 2.00 bits per heavy atom. The first-order chi connectivity index (χ1) is 12.5. The predicted octanol–water partition coefficient (Wildman–Crippen LogP) is 4.64. The van der Waals surface area contributed by atoms with Crippen molar-refractivity contribution < 1.29 is 15.0 Å². The van der Waals surface area contributed by atoms with E-state index in [9.17, 15) is 15.0 Å². The minimum absolute atomic E-state index is 0.122. The molecule has 0 spiro atoms. The number of azo groups is 1. The van der Waals surface area contributed by atoms with Gasteiger partial charge in [-0.15, -0.1) is 16.8 Å². The third-order valence-electron chi connectivity index (χ3n) is 3.88. The van der Waals surface area contributed by atoms with E-state index in [0.717, 1.165) is 9.99 Å². The van der Waals surface area contributed by atoms with Crippen LogP contribution in [0, 0.1) is 0 Å². The van der Waals surface area contributed by atoms with Gasteiger partial charge in [0.1, 0.15) is 0 Å². The maximum atomic E-state index is 12.1. The number of halogens is 1. The topological polar surface area (TPSA) is 87.2 Å². The quantitative estimate of drug-likeness (QED) is 0.471. The first kappa shape index (κ1) is 18.0. The van der Waals surface area contributed by atoms with Crippen molar-refractivity contribution in [1.29, 1.82) is 0 Å². The normalized spacial score (nSPS) is 12.5. The number of aliphatic hydroxyl groups is 1. The molecule has 1 amide bonds. The number of amides is 1. The van der Waals surface area contributed by atoms with Gasteiger partial charge in [0.2, 0.25) is 5.88 Å². The van der Waals surface area contributed by atoms with E-state index < -0.39 is 12.0 Å². The lowest BCUT2D eigenvalue weighted by Crippen LogP contribution is -2.08. The number of hydrogen-bond acceptors (Lipinski definition) is 4. The average Bonchev–Trinajstić information content (AvgIpc) is 2.91. The van der Waals surface area contributed by atoms with E-state index in [1.807, 2.05) is 12.1 Å². The number of carbonyl (C=O) groups is 1. The largest absolute Gasteiger partial charge is 0.493 e. The van der Waals surface area contributed by atoms with Gasteiger partial charge in [-0.1, -0.05) is 52.3 Å². The molecule has 0 bridgehead atoms. The molecule has 6 nitrogen and oxygen atoms in total. The maximum absolute atomic E-state index is 12.1. The second-order valence-corrected chi connectivity index (χ2v) is 6.50. The van der Waals surface area contributed by atoms with Gasteiger partial charge >= 0.3 is 0 Å². The van der Waals surface area contributed by atoms with Gasteiger partial charge in [0.15, 0.2) is 11.8 Å². The zero-order chi connectivity index (χ0) is 18.7. The first-order valence-corrected chi connectivity index (χ1v) is 8.62. The Morgan fingerprint density at radius 1 is 1.27 bits per heavy atom. The predicted molar refractivity (Wildman–Crippen MR) is 102 cm³/mol. The minimum atomic E-state index is -1.41. The number of allylic oxidation sites excluding steroid dienone is 1. The van der Waals surface area contributed by atoms with E-state index in [1.165, 1.54) is 0 Å². The van der Waals surface area contributed by atoms with Crippen LogP contribution in [0.25, 0.3) is 10.9 Å². The molecular formula is C19H16BrN3O3. The lowest BCUT2D eigenvalue weighted by atomic mass is 10.1. The zero-order valence-electron chi connectivity index (χ0n) is 13.7. The van der Waals surface area contributed by atoms with Gasteiger partial charge in [-0.25, -0.2) is 0 Å². The number of carbonyl (C=O) groups excluding carboxylic acids is 1. The van der Waals surface area contributed by atoms with Gasteiger partial charge in [0.05, 0.1) is 5.52 Å². The highest BCUT2D eigenvalue weighted by molar-refractivity contribution is 9.10. The first-order valence-electron chi connectivity index (χ1n) is 7.83. The molecule has 1 aromatic heterocycles. The standard InChI is InChI=1S/C19H16BrN3O3/c1-2-10-23-15-9-8-13(20)11-14(15)16(19(23)26)21-22-18(25)17(24)12-6-4-3-5-7-12/h2-9,11,17,24,26H,1,10H2. The Kier molecular flexibility index (Phi) is 5.29. The van der Waals surface area contributed by atoms with Crippen molar-refractivity contribution in [2.75, 3.05) is 0 Å². The van der Waals surface area contributed by atoms with Crippen LogP contribution in [0.1, 0.15) is 11.7 Å². The second kappa shape index (κ2) is 7.63. The Hall–Kier alpha value is -2.77. The lowest BCUT2D eigenvalue weighted by Gasteiger charge is -2.05. The Balaban J connectivity index is 1.99. The van der Waals surface area contributed by atoms with Crippen molar-refractivity contribution in [1.82, 2.24) is 4.57 Å². The number of hydrogen-bond donors (Lipinski definition) is 2. The third-order valence-corrected chi connectivity index (χ3v) is 4.37. The van der Waals surface area contributed by atoms with Gasteiger partial charge in [-0.3, -0.25) is 4.79 Å². The van der Waals surface area contributed by atoms with Crippen LogP contribution >= 0.6 is 15.9 Å². The fourth-order valence-electron chi connectivity index (χ4n) is 2.64. The highest BCUT2D eigenvalue weighted by Gasteiger charge is 2.19. The molecule has 1 atom stereocenters. The summed E-state index contributed by atoms with van der Waals surface area (Å²) in [6.45, 7) is 4.05. The van der Waals surface area contributed by atoms with E-state index in [2.05, 4.69) is 32.7 Å². The molecular weight excluding hydrogens is 398 g/mol. The van der Waals surface area contributed by atoms with Crippen LogP contribution in [-0.2, 0) is 11.3 Å². The summed E-state index contributed by atoms with van der Waals surface area (Å²) in [5, 5.41) is 28.7. The summed E-state index contributed by atoms with van der Waals surface area (Å²) >= 11 is 3.38.